The molecule has 2 unspecified atom stereocenters. The van der Waals surface area contributed by atoms with Crippen LogP contribution in [0.25, 0.3) is 0 Å². The molecule has 1 aromatic rings. The molecule has 4 N–H and O–H groups in total. The molecule has 5 nitrogen and oxygen atoms in total. The monoisotopic (exact) mass is 303 g/mol. The Morgan fingerprint density at radius 2 is 2.18 bits per heavy atom. The highest BCUT2D eigenvalue weighted by atomic mass is 79.9. The van der Waals surface area contributed by atoms with E-state index >= 15 is 0 Å². The number of benzene rings is 1. The summed E-state index contributed by atoms with van der Waals surface area (Å²) < 4.78 is 5.36. The minimum absolute atomic E-state index is 0.137. The third-order valence-electron chi connectivity index (χ3n) is 2.19. The highest BCUT2D eigenvalue weighted by Crippen LogP contribution is 2.26. The smallest absolute Gasteiger partial charge is 0.338 e. The maximum absolute atomic E-state index is 11.3. The van der Waals surface area contributed by atoms with Gasteiger partial charge in [-0.25, -0.2) is 4.79 Å². The van der Waals surface area contributed by atoms with Crippen LogP contribution in [0.2, 0.25) is 0 Å². The average Bonchev–Trinajstić information content (AvgIpc) is 2.27. The van der Waals surface area contributed by atoms with Crippen LogP contribution in [0, 0.1) is 0 Å². The molecule has 0 saturated carbocycles. The van der Waals surface area contributed by atoms with E-state index in [1.54, 1.807) is 19.1 Å². The second-order valence-corrected chi connectivity index (χ2v) is 4.33. The van der Waals surface area contributed by atoms with Gasteiger partial charge >= 0.3 is 5.97 Å². The fourth-order valence-electron chi connectivity index (χ4n) is 1.34. The fourth-order valence-corrected chi connectivity index (χ4v) is 1.72. The van der Waals surface area contributed by atoms with Crippen molar-refractivity contribution in [1.82, 2.24) is 0 Å². The van der Waals surface area contributed by atoms with E-state index in [1.165, 1.54) is 6.07 Å². The quantitative estimate of drug-likeness (QED) is 0.570. The van der Waals surface area contributed by atoms with E-state index in [0.717, 1.165) is 4.47 Å². The van der Waals surface area contributed by atoms with E-state index in [1.807, 2.05) is 0 Å². The van der Waals surface area contributed by atoms with Gasteiger partial charge in [0.15, 0.2) is 6.10 Å². The Labute approximate surface area is 107 Å². The lowest BCUT2D eigenvalue weighted by Gasteiger charge is -2.18. The zero-order valence-electron chi connectivity index (χ0n) is 9.26. The van der Waals surface area contributed by atoms with E-state index in [0.29, 0.717) is 0 Å². The number of carbonyl (C=O) groups excluding carboxylic acids is 1. The normalized spacial score (nSPS) is 14.1. The Morgan fingerprint density at radius 1 is 1.53 bits per heavy atom. The SMILES string of the molecule is CCOC(=O)C(O)C(O)c1ccc(Br)cc1N. The predicted molar refractivity (Wildman–Crippen MR) is 66.2 cm³/mol. The van der Waals surface area contributed by atoms with Crippen molar-refractivity contribution in [3.05, 3.63) is 28.2 Å². The Hall–Kier alpha value is -1.11. The van der Waals surface area contributed by atoms with Crippen LogP contribution in [-0.4, -0.2) is 28.9 Å². The maximum Gasteiger partial charge on any atom is 0.338 e. The molecule has 17 heavy (non-hydrogen) atoms. The summed E-state index contributed by atoms with van der Waals surface area (Å²) in [4.78, 5) is 11.3. The third-order valence-corrected chi connectivity index (χ3v) is 2.69. The molecular formula is C11H14BrNO4. The number of esters is 1. The molecule has 0 aromatic heterocycles. The van der Waals surface area contributed by atoms with Crippen LogP contribution in [0.3, 0.4) is 0 Å². The summed E-state index contributed by atoms with van der Waals surface area (Å²) in [5, 5.41) is 19.4. The van der Waals surface area contributed by atoms with Crippen LogP contribution in [0.1, 0.15) is 18.6 Å². The summed E-state index contributed by atoms with van der Waals surface area (Å²) in [7, 11) is 0. The molecule has 1 rings (SSSR count). The van der Waals surface area contributed by atoms with Gasteiger partial charge in [0.1, 0.15) is 6.10 Å². The summed E-state index contributed by atoms with van der Waals surface area (Å²) in [5.41, 5.74) is 6.25. The third kappa shape index (κ3) is 3.42. The summed E-state index contributed by atoms with van der Waals surface area (Å²) in [6, 6.07) is 4.77. The minimum Gasteiger partial charge on any atom is -0.464 e. The van der Waals surface area contributed by atoms with Gasteiger partial charge in [-0.05, 0) is 19.1 Å². The molecule has 2 atom stereocenters. The number of nitrogens with two attached hydrogens (primary N) is 1. The van der Waals surface area contributed by atoms with E-state index in [2.05, 4.69) is 20.7 Å². The molecular weight excluding hydrogens is 290 g/mol. The van der Waals surface area contributed by atoms with E-state index < -0.39 is 18.2 Å². The first-order valence-electron chi connectivity index (χ1n) is 5.05. The first-order chi connectivity index (χ1) is 7.97. The number of hydrogen-bond acceptors (Lipinski definition) is 5. The summed E-state index contributed by atoms with van der Waals surface area (Å²) in [5.74, 6) is -0.873. The lowest BCUT2D eigenvalue weighted by Crippen LogP contribution is -2.30. The Kier molecular flexibility index (Phi) is 4.92. The molecule has 0 heterocycles. The average molecular weight is 304 g/mol. The van der Waals surface area contributed by atoms with Gasteiger partial charge in [0.05, 0.1) is 6.61 Å². The van der Waals surface area contributed by atoms with Crippen molar-refractivity contribution < 1.29 is 19.7 Å². The van der Waals surface area contributed by atoms with Crippen molar-refractivity contribution in [2.75, 3.05) is 12.3 Å². The molecule has 0 aliphatic rings. The highest BCUT2D eigenvalue weighted by molar-refractivity contribution is 9.10. The Morgan fingerprint density at radius 3 is 2.71 bits per heavy atom. The number of aliphatic hydroxyl groups excluding tert-OH is 2. The Balaban J connectivity index is 2.88. The van der Waals surface area contributed by atoms with E-state index in [-0.39, 0.29) is 17.9 Å². The van der Waals surface area contributed by atoms with Crippen molar-refractivity contribution >= 4 is 27.6 Å². The number of rotatable bonds is 4. The van der Waals surface area contributed by atoms with Crippen LogP contribution >= 0.6 is 15.9 Å². The molecule has 1 aromatic carbocycles. The Bertz CT molecular complexity index is 410. The van der Waals surface area contributed by atoms with Crippen molar-refractivity contribution in [3.63, 3.8) is 0 Å². The number of carbonyl (C=O) groups is 1. The summed E-state index contributed by atoms with van der Waals surface area (Å²) in [6.07, 6.45) is -3.04. The van der Waals surface area contributed by atoms with Gasteiger partial charge in [0.2, 0.25) is 0 Å². The van der Waals surface area contributed by atoms with Crippen LogP contribution in [0.4, 0.5) is 5.69 Å². The van der Waals surface area contributed by atoms with Gasteiger partial charge in [-0.3, -0.25) is 0 Å². The van der Waals surface area contributed by atoms with Crippen molar-refractivity contribution in [2.24, 2.45) is 0 Å². The van der Waals surface area contributed by atoms with Gasteiger partial charge < -0.3 is 20.7 Å². The summed E-state index contributed by atoms with van der Waals surface area (Å²) >= 11 is 3.22. The first-order valence-corrected chi connectivity index (χ1v) is 5.84. The first kappa shape index (κ1) is 14.0. The fraction of sp³-hybridized carbons (Fsp3) is 0.364. The molecule has 0 fully saturated rings. The summed E-state index contributed by atoms with van der Waals surface area (Å²) in [6.45, 7) is 1.75. The van der Waals surface area contributed by atoms with Crippen molar-refractivity contribution in [1.29, 1.82) is 0 Å². The predicted octanol–water partition coefficient (Wildman–Crippen LogP) is 0.989. The number of ether oxygens (including phenoxy) is 1. The molecule has 6 heteroatoms. The number of aliphatic hydroxyl groups is 2. The van der Waals surface area contributed by atoms with Crippen LogP contribution < -0.4 is 5.73 Å². The molecule has 0 radical (unpaired) electrons. The number of nitrogen functional groups attached to an aromatic ring is 1. The van der Waals surface area contributed by atoms with Gasteiger partial charge in [0.25, 0.3) is 0 Å². The van der Waals surface area contributed by atoms with Crippen LogP contribution in [0.15, 0.2) is 22.7 Å². The standard InChI is InChI=1S/C11H14BrNO4/c1-2-17-11(16)10(15)9(14)7-4-3-6(12)5-8(7)13/h3-5,9-10,14-15H,2,13H2,1H3. The molecule has 94 valence electrons. The molecule has 0 amide bonds. The van der Waals surface area contributed by atoms with E-state index in [4.69, 9.17) is 5.73 Å². The largest absolute Gasteiger partial charge is 0.464 e. The van der Waals surface area contributed by atoms with Crippen molar-refractivity contribution in [2.45, 2.75) is 19.1 Å². The van der Waals surface area contributed by atoms with Crippen LogP contribution in [-0.2, 0) is 9.53 Å². The topological polar surface area (TPSA) is 92.8 Å². The van der Waals surface area contributed by atoms with Gasteiger partial charge in [0, 0.05) is 15.7 Å². The molecule has 0 aliphatic heterocycles. The van der Waals surface area contributed by atoms with Crippen molar-refractivity contribution in [3.8, 4) is 0 Å². The molecule has 0 spiro atoms. The number of hydrogen-bond donors (Lipinski definition) is 3. The second-order valence-electron chi connectivity index (χ2n) is 3.41. The second kappa shape index (κ2) is 6.00. The van der Waals surface area contributed by atoms with Gasteiger partial charge in [-0.15, -0.1) is 0 Å². The minimum atomic E-state index is -1.64. The molecule has 0 aliphatic carbocycles. The lowest BCUT2D eigenvalue weighted by atomic mass is 10.0. The van der Waals surface area contributed by atoms with Gasteiger partial charge in [-0.1, -0.05) is 22.0 Å². The van der Waals surface area contributed by atoms with Gasteiger partial charge in [-0.2, -0.15) is 0 Å². The lowest BCUT2D eigenvalue weighted by molar-refractivity contribution is -0.159. The zero-order valence-corrected chi connectivity index (χ0v) is 10.8. The molecule has 0 bridgehead atoms. The van der Waals surface area contributed by atoms with E-state index in [9.17, 15) is 15.0 Å². The highest BCUT2D eigenvalue weighted by Gasteiger charge is 2.28. The molecule has 0 saturated heterocycles. The zero-order chi connectivity index (χ0) is 13.0. The number of halogens is 1. The number of anilines is 1. The van der Waals surface area contributed by atoms with Crippen LogP contribution in [0.5, 0.6) is 0 Å². The maximum atomic E-state index is 11.3.